The maximum absolute atomic E-state index is 14.3. The minimum Gasteiger partial charge on any atom is -0.307 e. The minimum absolute atomic E-state index is 0.0437. The van der Waals surface area contributed by atoms with E-state index >= 15 is 0 Å². The average Bonchev–Trinajstić information content (AvgIpc) is 2.69. The normalized spacial score (nSPS) is 12.8. The fraction of sp³-hybridized carbons (Fsp3) is 0.0952. The van der Waals surface area contributed by atoms with Crippen LogP contribution in [-0.4, -0.2) is 18.2 Å². The maximum Gasteiger partial charge on any atom is 0.407 e. The number of hydrogen-bond donors (Lipinski definition) is 0. The molecule has 3 rings (SSSR count). The van der Waals surface area contributed by atoms with Crippen LogP contribution in [0.25, 0.3) is 0 Å². The highest BCUT2D eigenvalue weighted by Gasteiger charge is 2.36. The van der Waals surface area contributed by atoms with Crippen molar-refractivity contribution in [2.45, 2.75) is 6.18 Å². The Morgan fingerprint density at radius 2 is 1.15 bits per heavy atom. The number of rotatable bonds is 5. The first-order chi connectivity index (χ1) is 12.9. The Morgan fingerprint density at radius 1 is 0.741 bits per heavy atom. The molecule has 0 saturated carbocycles. The van der Waals surface area contributed by atoms with Crippen molar-refractivity contribution >= 4 is 23.2 Å². The van der Waals surface area contributed by atoms with Gasteiger partial charge in [0.05, 0.1) is 0 Å². The molecule has 0 amide bonds. The molecule has 0 unspecified atom stereocenters. The van der Waals surface area contributed by atoms with Crippen LogP contribution in [0.2, 0.25) is 0 Å². The topological polar surface area (TPSA) is 29.4 Å². The van der Waals surface area contributed by atoms with Gasteiger partial charge in [-0.2, -0.15) is 13.2 Å². The van der Waals surface area contributed by atoms with Gasteiger partial charge in [0.2, 0.25) is 0 Å². The first-order valence-corrected chi connectivity index (χ1v) is 10.0. The van der Waals surface area contributed by atoms with E-state index in [0.29, 0.717) is 16.2 Å². The van der Waals surface area contributed by atoms with Gasteiger partial charge in [-0.3, -0.25) is 4.99 Å². The molecular weight excluding hydrogens is 370 g/mol. The van der Waals surface area contributed by atoms with E-state index in [1.807, 2.05) is 0 Å². The molecule has 3 aromatic carbocycles. The van der Waals surface area contributed by atoms with E-state index in [1.165, 1.54) is 0 Å². The zero-order valence-corrected chi connectivity index (χ0v) is 15.2. The van der Waals surface area contributed by atoms with E-state index in [1.54, 1.807) is 91.0 Å². The van der Waals surface area contributed by atoms with Crippen LogP contribution < -0.4 is 10.6 Å². The Hall–Kier alpha value is -2.65. The Kier molecular flexibility index (Phi) is 5.62. The van der Waals surface area contributed by atoms with Gasteiger partial charge in [0.25, 0.3) is 0 Å². The highest BCUT2D eigenvalue weighted by atomic mass is 31.2. The molecule has 0 N–H and O–H groups in total. The molecule has 0 heterocycles. The monoisotopic (exact) mass is 387 g/mol. The Balaban J connectivity index is 2.28. The van der Waals surface area contributed by atoms with Crippen molar-refractivity contribution in [3.8, 4) is 0 Å². The summed E-state index contributed by atoms with van der Waals surface area (Å²) in [7, 11) is -3.59. The average molecular weight is 387 g/mol. The summed E-state index contributed by atoms with van der Waals surface area (Å²) in [5, 5.41) is 0.891. The summed E-state index contributed by atoms with van der Waals surface area (Å²) in [4.78, 5) is 3.82. The van der Waals surface area contributed by atoms with E-state index in [9.17, 15) is 17.7 Å². The fourth-order valence-electron chi connectivity index (χ4n) is 2.79. The predicted molar refractivity (Wildman–Crippen MR) is 104 cm³/mol. The van der Waals surface area contributed by atoms with Crippen LogP contribution in [0, 0.1) is 0 Å². The molecule has 0 saturated heterocycles. The molecule has 6 heteroatoms. The molecular formula is C21H17F3NOP. The van der Waals surface area contributed by atoms with Gasteiger partial charge in [0.15, 0.2) is 7.14 Å². The summed E-state index contributed by atoms with van der Waals surface area (Å²) in [6.45, 7) is -1.39. The molecule has 0 aromatic heterocycles. The van der Waals surface area contributed by atoms with Crippen LogP contribution in [0.1, 0.15) is 5.56 Å². The molecule has 0 aliphatic rings. The summed E-state index contributed by atoms with van der Waals surface area (Å²) >= 11 is 0. The standard InChI is InChI=1S/C21H17F3NOP/c22-21(23,24)16-25-20(17-10-4-1-5-11-17)27(26,18-12-6-2-7-13-18)19-14-8-3-9-15-19/h1-15H,16H2. The molecule has 3 aromatic rings. The van der Waals surface area contributed by atoms with Gasteiger partial charge in [-0.25, -0.2) is 0 Å². The summed E-state index contributed by atoms with van der Waals surface area (Å²) < 4.78 is 53.1. The third kappa shape index (κ3) is 4.37. The Labute approximate surface area is 155 Å². The van der Waals surface area contributed by atoms with Gasteiger partial charge in [0.1, 0.15) is 12.0 Å². The van der Waals surface area contributed by atoms with E-state index in [4.69, 9.17) is 0 Å². The van der Waals surface area contributed by atoms with Crippen molar-refractivity contribution in [1.29, 1.82) is 0 Å². The van der Waals surface area contributed by atoms with Gasteiger partial charge in [-0.15, -0.1) is 0 Å². The van der Waals surface area contributed by atoms with Gasteiger partial charge >= 0.3 is 6.18 Å². The first kappa shape index (κ1) is 19.1. The van der Waals surface area contributed by atoms with Crippen molar-refractivity contribution in [3.63, 3.8) is 0 Å². The van der Waals surface area contributed by atoms with E-state index < -0.39 is 19.9 Å². The van der Waals surface area contributed by atoms with Crippen molar-refractivity contribution in [2.75, 3.05) is 6.54 Å². The van der Waals surface area contributed by atoms with E-state index in [0.717, 1.165) is 0 Å². The number of nitrogens with zero attached hydrogens (tertiary/aromatic N) is 1. The molecule has 27 heavy (non-hydrogen) atoms. The SMILES string of the molecule is O=P(C(=NCC(F)(F)F)c1ccccc1)(c1ccccc1)c1ccccc1. The quantitative estimate of drug-likeness (QED) is 0.447. The van der Waals surface area contributed by atoms with Crippen molar-refractivity contribution in [3.05, 3.63) is 96.6 Å². The fourth-order valence-corrected chi connectivity index (χ4v) is 5.55. The van der Waals surface area contributed by atoms with Gasteiger partial charge in [-0.1, -0.05) is 91.0 Å². The van der Waals surface area contributed by atoms with Gasteiger partial charge in [-0.05, 0) is 0 Å². The van der Waals surface area contributed by atoms with Crippen LogP contribution >= 0.6 is 7.14 Å². The zero-order valence-electron chi connectivity index (χ0n) is 14.3. The lowest BCUT2D eigenvalue weighted by Crippen LogP contribution is -2.25. The second kappa shape index (κ2) is 7.93. The lowest BCUT2D eigenvalue weighted by Gasteiger charge is -2.22. The second-order valence-electron chi connectivity index (χ2n) is 5.90. The first-order valence-electron chi connectivity index (χ1n) is 8.30. The summed E-state index contributed by atoms with van der Waals surface area (Å²) in [6, 6.07) is 25.5. The number of hydrogen-bond acceptors (Lipinski definition) is 2. The number of aliphatic imine (C=N–C) groups is 1. The molecule has 0 bridgehead atoms. The summed E-state index contributed by atoms with van der Waals surface area (Å²) in [5.41, 5.74) is 0.371. The third-order valence-electron chi connectivity index (χ3n) is 3.98. The van der Waals surface area contributed by atoms with E-state index in [2.05, 4.69) is 4.99 Å². The third-order valence-corrected chi connectivity index (χ3v) is 7.02. The second-order valence-corrected chi connectivity index (χ2v) is 8.58. The molecule has 0 aliphatic heterocycles. The van der Waals surface area contributed by atoms with Crippen molar-refractivity contribution < 1.29 is 17.7 Å². The van der Waals surface area contributed by atoms with E-state index in [-0.39, 0.29) is 5.45 Å². The van der Waals surface area contributed by atoms with Crippen molar-refractivity contribution in [2.24, 2.45) is 4.99 Å². The predicted octanol–water partition coefficient (Wildman–Crippen LogP) is 5.01. The summed E-state index contributed by atoms with van der Waals surface area (Å²) in [6.07, 6.45) is -4.49. The highest BCUT2D eigenvalue weighted by molar-refractivity contribution is 7.93. The Morgan fingerprint density at radius 3 is 1.56 bits per heavy atom. The number of halogens is 3. The van der Waals surface area contributed by atoms with Crippen LogP contribution in [0.5, 0.6) is 0 Å². The van der Waals surface area contributed by atoms with Crippen LogP contribution in [0.15, 0.2) is 96.0 Å². The van der Waals surface area contributed by atoms with Crippen LogP contribution in [0.3, 0.4) is 0 Å². The molecule has 0 atom stereocenters. The Bertz CT molecular complexity index is 911. The minimum atomic E-state index is -4.49. The lowest BCUT2D eigenvalue weighted by atomic mass is 10.2. The van der Waals surface area contributed by atoms with Crippen LogP contribution in [-0.2, 0) is 4.57 Å². The highest BCUT2D eigenvalue weighted by Crippen LogP contribution is 2.47. The molecule has 0 fully saturated rings. The maximum atomic E-state index is 14.3. The molecule has 0 spiro atoms. The molecule has 0 aliphatic carbocycles. The largest absolute Gasteiger partial charge is 0.407 e. The molecule has 0 radical (unpaired) electrons. The van der Waals surface area contributed by atoms with Crippen molar-refractivity contribution in [1.82, 2.24) is 0 Å². The molecule has 138 valence electrons. The summed E-state index contributed by atoms with van der Waals surface area (Å²) in [5.74, 6) is 0. The number of alkyl halides is 3. The van der Waals surface area contributed by atoms with Crippen LogP contribution in [0.4, 0.5) is 13.2 Å². The zero-order chi connectivity index (χ0) is 19.3. The lowest BCUT2D eigenvalue weighted by molar-refractivity contribution is -0.118. The number of benzene rings is 3. The van der Waals surface area contributed by atoms with Gasteiger partial charge in [0, 0.05) is 16.2 Å². The smallest absolute Gasteiger partial charge is 0.307 e. The van der Waals surface area contributed by atoms with Gasteiger partial charge < -0.3 is 4.57 Å². The molecule has 2 nitrogen and oxygen atoms in total.